The van der Waals surface area contributed by atoms with Gasteiger partial charge in [-0.15, -0.1) is 0 Å². The van der Waals surface area contributed by atoms with E-state index >= 15 is 0 Å². The maximum absolute atomic E-state index is 14.4. The lowest BCUT2D eigenvalue weighted by Gasteiger charge is -2.29. The Kier molecular flexibility index (Phi) is 5.88. The van der Waals surface area contributed by atoms with Crippen LogP contribution in [0.1, 0.15) is 33.5 Å². The van der Waals surface area contributed by atoms with Crippen LogP contribution in [0.5, 0.6) is 0 Å². The first kappa shape index (κ1) is 23.1. The molecule has 0 fully saturated rings. The molecule has 1 N–H and O–H groups in total. The first-order chi connectivity index (χ1) is 15.5. The van der Waals surface area contributed by atoms with Crippen LogP contribution < -0.4 is 0 Å². The van der Waals surface area contributed by atoms with Crippen LogP contribution in [0.3, 0.4) is 0 Å². The summed E-state index contributed by atoms with van der Waals surface area (Å²) in [7, 11) is 0. The molecule has 1 unspecified atom stereocenters. The van der Waals surface area contributed by atoms with Crippen molar-refractivity contribution in [2.24, 2.45) is 5.16 Å². The highest BCUT2D eigenvalue weighted by molar-refractivity contribution is 6.34. The van der Waals surface area contributed by atoms with E-state index < -0.39 is 24.2 Å². The van der Waals surface area contributed by atoms with Gasteiger partial charge in [0.1, 0.15) is 0 Å². The van der Waals surface area contributed by atoms with E-state index in [1.807, 2.05) is 0 Å². The highest BCUT2D eigenvalue weighted by atomic mass is 35.5. The number of carboxylic acids is 1. The van der Waals surface area contributed by atoms with Crippen molar-refractivity contribution in [3.05, 3.63) is 93.0 Å². The molecule has 0 amide bonds. The average Bonchev–Trinajstić information content (AvgIpc) is 3.20. The molecule has 1 aliphatic rings. The number of hydrogen-bond donors (Lipinski definition) is 1. The highest BCUT2D eigenvalue weighted by Crippen LogP contribution is 2.50. The monoisotopic (exact) mass is 493 g/mol. The fraction of sp³-hybridized carbons (Fsp3) is 0.167. The molecule has 3 aromatic rings. The minimum Gasteiger partial charge on any atom is -0.478 e. The molecule has 0 aliphatic carbocycles. The van der Waals surface area contributed by atoms with Gasteiger partial charge in [0.2, 0.25) is 0 Å². The number of hydrogen-bond acceptors (Lipinski definition) is 3. The minimum atomic E-state index is -4.84. The molecule has 1 heterocycles. The van der Waals surface area contributed by atoms with Crippen LogP contribution in [-0.2, 0) is 10.4 Å². The van der Waals surface area contributed by atoms with Crippen molar-refractivity contribution in [1.29, 1.82) is 0 Å². The number of halogens is 5. The van der Waals surface area contributed by atoms with Crippen LogP contribution in [-0.4, -0.2) is 23.0 Å². The first-order valence-electron chi connectivity index (χ1n) is 9.74. The third-order valence-corrected chi connectivity index (χ3v) is 6.02. The molecular weight excluding hydrogens is 478 g/mol. The summed E-state index contributed by atoms with van der Waals surface area (Å²) in [4.78, 5) is 16.8. The van der Waals surface area contributed by atoms with Gasteiger partial charge in [0.05, 0.1) is 11.3 Å². The van der Waals surface area contributed by atoms with E-state index in [2.05, 4.69) is 5.16 Å². The van der Waals surface area contributed by atoms with Gasteiger partial charge in [-0.05, 0) is 47.9 Å². The summed E-state index contributed by atoms with van der Waals surface area (Å²) < 4.78 is 43.1. The molecule has 0 saturated carbocycles. The van der Waals surface area contributed by atoms with Crippen molar-refractivity contribution in [2.45, 2.75) is 25.1 Å². The number of carboxylic acid groups (broad SMARTS) is 1. The smallest absolute Gasteiger partial charge is 0.435 e. The zero-order valence-electron chi connectivity index (χ0n) is 17.1. The molecule has 0 aromatic heterocycles. The third-order valence-electron chi connectivity index (χ3n) is 5.58. The van der Waals surface area contributed by atoms with Gasteiger partial charge in [0, 0.05) is 27.6 Å². The summed E-state index contributed by atoms with van der Waals surface area (Å²) in [6.07, 6.45) is -5.48. The lowest BCUT2D eigenvalue weighted by molar-refractivity contribution is -0.275. The first-order valence-corrected chi connectivity index (χ1v) is 10.5. The largest absolute Gasteiger partial charge is 0.478 e. The van der Waals surface area contributed by atoms with Crippen LogP contribution in [0, 0.1) is 6.92 Å². The summed E-state index contributed by atoms with van der Waals surface area (Å²) in [6, 6.07) is 15.2. The summed E-state index contributed by atoms with van der Waals surface area (Å²) in [5.74, 6) is -1.14. The molecule has 3 aromatic carbocycles. The van der Waals surface area contributed by atoms with Crippen LogP contribution in [0.15, 0.2) is 65.8 Å². The quantitative estimate of drug-likeness (QED) is 0.416. The van der Waals surface area contributed by atoms with Gasteiger partial charge in [-0.25, -0.2) is 4.79 Å². The molecule has 0 spiro atoms. The van der Waals surface area contributed by atoms with E-state index in [-0.39, 0.29) is 26.9 Å². The second kappa shape index (κ2) is 8.39. The minimum absolute atomic E-state index is 0.0299. The van der Waals surface area contributed by atoms with Crippen molar-refractivity contribution in [1.82, 2.24) is 0 Å². The molecular formula is C24H16Cl2F3NO3. The van der Waals surface area contributed by atoms with Crippen LogP contribution >= 0.6 is 23.2 Å². The van der Waals surface area contributed by atoms with E-state index in [4.69, 9.17) is 28.0 Å². The lowest BCUT2D eigenvalue weighted by Crippen LogP contribution is -2.42. The van der Waals surface area contributed by atoms with E-state index in [9.17, 15) is 23.1 Å². The Morgan fingerprint density at radius 2 is 1.70 bits per heavy atom. The molecule has 0 radical (unpaired) electrons. The number of alkyl halides is 3. The van der Waals surface area contributed by atoms with Gasteiger partial charge in [0.25, 0.3) is 5.60 Å². The number of oxime groups is 1. The topological polar surface area (TPSA) is 58.9 Å². The summed E-state index contributed by atoms with van der Waals surface area (Å²) in [5.41, 5.74) is -1.11. The number of rotatable bonds is 4. The van der Waals surface area contributed by atoms with Crippen LogP contribution in [0.25, 0.3) is 11.1 Å². The normalized spacial score (nSPS) is 18.1. The van der Waals surface area contributed by atoms with Crippen molar-refractivity contribution in [3.63, 3.8) is 0 Å². The molecule has 1 atom stereocenters. The Hall–Kier alpha value is -3.03. The van der Waals surface area contributed by atoms with Gasteiger partial charge in [-0.1, -0.05) is 64.8 Å². The van der Waals surface area contributed by atoms with Crippen LogP contribution in [0.2, 0.25) is 10.0 Å². The standard InChI is InChI=1S/C24H16Cl2F3NO3/c1-13-18(22(31)32)7-8-19(21(13)14-5-3-2-4-6-14)20-12-23(33-30-20,24(27,28)29)15-9-16(25)11-17(26)10-15/h2-11H,12H2,1H3,(H,31,32). The zero-order valence-corrected chi connectivity index (χ0v) is 18.6. The van der Waals surface area contributed by atoms with Crippen molar-refractivity contribution < 1.29 is 27.9 Å². The molecule has 4 rings (SSSR count). The van der Waals surface area contributed by atoms with E-state index in [0.717, 1.165) is 12.1 Å². The van der Waals surface area contributed by atoms with E-state index in [0.29, 0.717) is 22.3 Å². The highest BCUT2D eigenvalue weighted by Gasteiger charge is 2.62. The number of nitrogens with zero attached hydrogens (tertiary/aromatic N) is 1. The molecule has 33 heavy (non-hydrogen) atoms. The van der Waals surface area contributed by atoms with E-state index in [1.165, 1.54) is 18.2 Å². The lowest BCUT2D eigenvalue weighted by atomic mass is 9.83. The number of aromatic carboxylic acids is 1. The summed E-state index contributed by atoms with van der Waals surface area (Å²) in [5, 5.41) is 13.4. The maximum Gasteiger partial charge on any atom is 0.435 e. The molecule has 170 valence electrons. The molecule has 9 heteroatoms. The Balaban J connectivity index is 1.88. The number of benzene rings is 3. The zero-order chi connectivity index (χ0) is 24.0. The Morgan fingerprint density at radius 1 is 1.06 bits per heavy atom. The Bertz CT molecular complexity index is 1260. The number of carbonyl (C=O) groups is 1. The average molecular weight is 494 g/mol. The summed E-state index contributed by atoms with van der Waals surface area (Å²) in [6.45, 7) is 1.61. The fourth-order valence-corrected chi connectivity index (χ4v) is 4.52. The predicted octanol–water partition coefficient (Wildman–Crippen LogP) is 7.25. The van der Waals surface area contributed by atoms with Gasteiger partial charge >= 0.3 is 12.1 Å². The van der Waals surface area contributed by atoms with E-state index in [1.54, 1.807) is 37.3 Å². The van der Waals surface area contributed by atoms with Gasteiger partial charge < -0.3 is 9.94 Å². The predicted molar refractivity (Wildman–Crippen MR) is 120 cm³/mol. The Labute approximate surface area is 197 Å². The van der Waals surface area contributed by atoms with Crippen molar-refractivity contribution >= 4 is 34.9 Å². The second-order valence-corrected chi connectivity index (χ2v) is 8.49. The third kappa shape index (κ3) is 4.07. The fourth-order valence-electron chi connectivity index (χ4n) is 4.00. The Morgan fingerprint density at radius 3 is 2.27 bits per heavy atom. The SMILES string of the molecule is Cc1c(C(=O)O)ccc(C2=NOC(c3cc(Cl)cc(Cl)c3)(C(F)(F)F)C2)c1-c1ccccc1. The summed E-state index contributed by atoms with van der Waals surface area (Å²) >= 11 is 11.9. The van der Waals surface area contributed by atoms with Crippen molar-refractivity contribution in [2.75, 3.05) is 0 Å². The van der Waals surface area contributed by atoms with Gasteiger partial charge in [-0.3, -0.25) is 0 Å². The second-order valence-electron chi connectivity index (χ2n) is 7.62. The van der Waals surface area contributed by atoms with Gasteiger partial charge in [-0.2, -0.15) is 13.2 Å². The van der Waals surface area contributed by atoms with Crippen LogP contribution in [0.4, 0.5) is 13.2 Å². The van der Waals surface area contributed by atoms with Gasteiger partial charge in [0.15, 0.2) is 0 Å². The molecule has 4 nitrogen and oxygen atoms in total. The maximum atomic E-state index is 14.4. The van der Waals surface area contributed by atoms with Crippen molar-refractivity contribution in [3.8, 4) is 11.1 Å². The molecule has 0 bridgehead atoms. The molecule has 0 saturated heterocycles. The molecule has 1 aliphatic heterocycles.